The Hall–Kier alpha value is -2.14. The second-order valence-corrected chi connectivity index (χ2v) is 7.73. The zero-order chi connectivity index (χ0) is 21.7. The summed E-state index contributed by atoms with van der Waals surface area (Å²) in [5, 5.41) is 15.9. The number of aryl methyl sites for hydroxylation is 2. The number of halogens is 2. The number of aromatic nitrogens is 4. The van der Waals surface area contributed by atoms with E-state index in [0.29, 0.717) is 29.7 Å². The van der Waals surface area contributed by atoms with Crippen LogP contribution in [0.15, 0.2) is 33.8 Å². The molecule has 0 amide bonds. The molecule has 2 aromatic heterocycles. The first-order valence-corrected chi connectivity index (χ1v) is 10.3. The van der Waals surface area contributed by atoms with Gasteiger partial charge in [0.15, 0.2) is 5.96 Å². The first-order chi connectivity index (χ1) is 14.4. The molecule has 0 aliphatic heterocycles. The average Bonchev–Trinajstić information content (AvgIpc) is 3.28. The van der Waals surface area contributed by atoms with Crippen LogP contribution in [0.2, 0.25) is 5.02 Å². The first kappa shape index (κ1) is 25.1. The Labute approximate surface area is 204 Å². The molecular formula is C21H29ClIN7O. The van der Waals surface area contributed by atoms with Crippen molar-refractivity contribution in [3.63, 3.8) is 0 Å². The lowest BCUT2D eigenvalue weighted by molar-refractivity contribution is 0.378. The Morgan fingerprint density at radius 3 is 2.58 bits per heavy atom. The van der Waals surface area contributed by atoms with Crippen LogP contribution < -0.4 is 10.6 Å². The van der Waals surface area contributed by atoms with Gasteiger partial charge >= 0.3 is 0 Å². The topological polar surface area (TPSA) is 93.2 Å². The van der Waals surface area contributed by atoms with Gasteiger partial charge in [0.25, 0.3) is 0 Å². The summed E-state index contributed by atoms with van der Waals surface area (Å²) in [5.41, 5.74) is 4.40. The van der Waals surface area contributed by atoms with Gasteiger partial charge in [0.05, 0.1) is 5.69 Å². The van der Waals surface area contributed by atoms with E-state index >= 15 is 0 Å². The molecule has 1 atom stereocenters. The molecular weight excluding hydrogens is 529 g/mol. The Morgan fingerprint density at radius 1 is 1.26 bits per heavy atom. The maximum atomic E-state index is 5.92. The highest BCUT2D eigenvalue weighted by atomic mass is 127. The van der Waals surface area contributed by atoms with Crippen molar-refractivity contribution in [2.24, 2.45) is 12.0 Å². The lowest BCUT2D eigenvalue weighted by Gasteiger charge is -2.18. The van der Waals surface area contributed by atoms with Gasteiger partial charge in [0.2, 0.25) is 11.7 Å². The Balaban J connectivity index is 0.00000341. The number of guanidine groups is 1. The molecule has 3 aromatic rings. The van der Waals surface area contributed by atoms with E-state index in [1.165, 1.54) is 11.3 Å². The summed E-state index contributed by atoms with van der Waals surface area (Å²) in [5.74, 6) is 1.86. The molecule has 0 aliphatic carbocycles. The zero-order valence-corrected chi connectivity index (χ0v) is 21.5. The molecule has 31 heavy (non-hydrogen) atoms. The number of rotatable bonds is 7. The molecule has 0 bridgehead atoms. The molecule has 168 valence electrons. The quantitative estimate of drug-likeness (QED) is 0.261. The average molecular weight is 558 g/mol. The predicted octanol–water partition coefficient (Wildman–Crippen LogP) is 3.70. The van der Waals surface area contributed by atoms with Crippen LogP contribution in [0.1, 0.15) is 29.8 Å². The van der Waals surface area contributed by atoms with Gasteiger partial charge in [-0.2, -0.15) is 10.1 Å². The third-order valence-corrected chi connectivity index (χ3v) is 5.23. The van der Waals surface area contributed by atoms with E-state index in [1.807, 2.05) is 30.8 Å². The van der Waals surface area contributed by atoms with Crippen molar-refractivity contribution in [3.05, 3.63) is 52.1 Å². The van der Waals surface area contributed by atoms with Crippen molar-refractivity contribution < 1.29 is 4.52 Å². The Kier molecular flexibility index (Phi) is 9.30. The first-order valence-electron chi connectivity index (χ1n) is 9.92. The predicted molar refractivity (Wildman–Crippen MR) is 134 cm³/mol. The van der Waals surface area contributed by atoms with Gasteiger partial charge in [-0.25, -0.2) is 0 Å². The molecule has 2 heterocycles. The second kappa shape index (κ2) is 11.5. The Morgan fingerprint density at radius 2 is 1.97 bits per heavy atom. The standard InChI is InChI=1S/C21H28ClN7O.HI/c1-13(12-18-14(2)27-29(5)15(18)3)25-21(23-4)24-11-10-19-26-20(28-30-19)16-6-8-17(22)9-7-16;/h6-9,13H,10-12H2,1-5H3,(H2,23,24,25);1H. The number of hydrogen-bond acceptors (Lipinski definition) is 5. The Bertz CT molecular complexity index is 1010. The fraction of sp³-hybridized carbons (Fsp3) is 0.429. The van der Waals surface area contributed by atoms with Crippen LogP contribution in [-0.4, -0.2) is 45.5 Å². The summed E-state index contributed by atoms with van der Waals surface area (Å²) in [6.07, 6.45) is 1.47. The number of nitrogens with zero attached hydrogens (tertiary/aromatic N) is 5. The van der Waals surface area contributed by atoms with Crippen LogP contribution in [0.5, 0.6) is 0 Å². The lowest BCUT2D eigenvalue weighted by atomic mass is 10.1. The molecule has 1 unspecified atom stereocenters. The van der Waals surface area contributed by atoms with Crippen molar-refractivity contribution >= 4 is 41.5 Å². The molecule has 0 fully saturated rings. The maximum absolute atomic E-state index is 5.92. The monoisotopic (exact) mass is 557 g/mol. The maximum Gasteiger partial charge on any atom is 0.228 e. The van der Waals surface area contributed by atoms with Crippen LogP contribution in [0.4, 0.5) is 0 Å². The van der Waals surface area contributed by atoms with Crippen LogP contribution in [-0.2, 0) is 19.9 Å². The summed E-state index contributed by atoms with van der Waals surface area (Å²) in [6.45, 7) is 6.90. The molecule has 3 rings (SSSR count). The summed E-state index contributed by atoms with van der Waals surface area (Å²) in [6, 6.07) is 7.56. The molecule has 8 nitrogen and oxygen atoms in total. The van der Waals surface area contributed by atoms with E-state index < -0.39 is 0 Å². The highest BCUT2D eigenvalue weighted by Gasteiger charge is 2.14. The summed E-state index contributed by atoms with van der Waals surface area (Å²) < 4.78 is 7.27. The normalized spacial score (nSPS) is 12.4. The molecule has 0 radical (unpaired) electrons. The number of nitrogens with one attached hydrogen (secondary N) is 2. The van der Waals surface area contributed by atoms with Gasteiger partial charge in [0.1, 0.15) is 0 Å². The summed E-state index contributed by atoms with van der Waals surface area (Å²) in [7, 11) is 3.73. The van der Waals surface area contributed by atoms with Gasteiger partial charge in [-0.15, -0.1) is 24.0 Å². The van der Waals surface area contributed by atoms with Crippen LogP contribution in [0.25, 0.3) is 11.4 Å². The van der Waals surface area contributed by atoms with Crippen molar-refractivity contribution in [2.75, 3.05) is 13.6 Å². The highest BCUT2D eigenvalue weighted by molar-refractivity contribution is 14.0. The molecule has 0 saturated heterocycles. The van der Waals surface area contributed by atoms with E-state index in [2.05, 4.69) is 44.7 Å². The van der Waals surface area contributed by atoms with E-state index in [0.717, 1.165) is 23.6 Å². The zero-order valence-electron chi connectivity index (χ0n) is 18.4. The lowest BCUT2D eigenvalue weighted by Crippen LogP contribution is -2.43. The third-order valence-electron chi connectivity index (χ3n) is 4.98. The second-order valence-electron chi connectivity index (χ2n) is 7.29. The molecule has 1 aromatic carbocycles. The van der Waals surface area contributed by atoms with Crippen molar-refractivity contribution in [1.29, 1.82) is 0 Å². The molecule has 0 aliphatic rings. The molecule has 0 spiro atoms. The van der Waals surface area contributed by atoms with Gasteiger partial charge in [0, 0.05) is 49.4 Å². The van der Waals surface area contributed by atoms with Crippen molar-refractivity contribution in [1.82, 2.24) is 30.6 Å². The van der Waals surface area contributed by atoms with E-state index in [4.69, 9.17) is 16.1 Å². The minimum atomic E-state index is 0. The van der Waals surface area contributed by atoms with E-state index in [1.54, 1.807) is 19.2 Å². The van der Waals surface area contributed by atoms with Crippen molar-refractivity contribution in [2.45, 2.75) is 39.7 Å². The third kappa shape index (κ3) is 6.67. The van der Waals surface area contributed by atoms with E-state index in [9.17, 15) is 0 Å². The summed E-state index contributed by atoms with van der Waals surface area (Å²) >= 11 is 5.92. The summed E-state index contributed by atoms with van der Waals surface area (Å²) in [4.78, 5) is 8.75. The number of aliphatic imine (C=N–C) groups is 1. The van der Waals surface area contributed by atoms with Crippen LogP contribution in [0.3, 0.4) is 0 Å². The smallest absolute Gasteiger partial charge is 0.228 e. The van der Waals surface area contributed by atoms with Crippen LogP contribution >= 0.6 is 35.6 Å². The molecule has 0 saturated carbocycles. The number of benzene rings is 1. The fourth-order valence-corrected chi connectivity index (χ4v) is 3.38. The SMILES string of the molecule is CN=C(NCCc1nc(-c2ccc(Cl)cc2)no1)NC(C)Cc1c(C)nn(C)c1C.I. The van der Waals surface area contributed by atoms with Crippen LogP contribution in [0, 0.1) is 13.8 Å². The molecule has 10 heteroatoms. The fourth-order valence-electron chi connectivity index (χ4n) is 3.26. The minimum absolute atomic E-state index is 0. The molecule has 2 N–H and O–H groups in total. The van der Waals surface area contributed by atoms with Gasteiger partial charge in [-0.3, -0.25) is 9.67 Å². The number of hydrogen-bond donors (Lipinski definition) is 2. The van der Waals surface area contributed by atoms with Crippen molar-refractivity contribution in [3.8, 4) is 11.4 Å². The van der Waals surface area contributed by atoms with Gasteiger partial charge in [-0.1, -0.05) is 16.8 Å². The van der Waals surface area contributed by atoms with E-state index in [-0.39, 0.29) is 30.0 Å². The largest absolute Gasteiger partial charge is 0.356 e. The van der Waals surface area contributed by atoms with Gasteiger partial charge < -0.3 is 15.2 Å². The highest BCUT2D eigenvalue weighted by Crippen LogP contribution is 2.18. The minimum Gasteiger partial charge on any atom is -0.356 e. The van der Waals surface area contributed by atoms with Gasteiger partial charge in [-0.05, 0) is 57.0 Å².